The highest BCUT2D eigenvalue weighted by molar-refractivity contribution is 7.97. The van der Waals surface area contributed by atoms with E-state index in [0.29, 0.717) is 5.78 Å². The average molecular weight is 1330 g/mol. The molecule has 0 aliphatic carbocycles. The Labute approximate surface area is 581 Å². The Bertz CT molecular complexity index is 6350. The van der Waals surface area contributed by atoms with Gasteiger partial charge in [-0.1, -0.05) is 194 Å². The second-order valence-electron chi connectivity index (χ2n) is 27.6. The van der Waals surface area contributed by atoms with Crippen LogP contribution in [-0.2, 0) is 0 Å². The molecule has 3 aromatic heterocycles. The first-order valence-electron chi connectivity index (χ1n) is 35.0. The summed E-state index contributed by atoms with van der Waals surface area (Å²) in [6, 6.07) is 139. The van der Waals surface area contributed by atoms with Crippen LogP contribution >= 0.6 is 21.8 Å². The smallest absolute Gasteiger partial charge is 0.150 e. The van der Waals surface area contributed by atoms with Crippen molar-refractivity contribution in [3.63, 3.8) is 0 Å². The summed E-state index contributed by atoms with van der Waals surface area (Å²) >= 11 is 0. The quantitative estimate of drug-likeness (QED) is 0.0681. The molecule has 0 spiro atoms. The van der Waals surface area contributed by atoms with Crippen molar-refractivity contribution in [3.05, 3.63) is 387 Å². The number of para-hydroxylation sites is 3. The molecule has 0 radical (unpaired) electrons. The summed E-state index contributed by atoms with van der Waals surface area (Å²) < 4.78 is 8.07. The van der Waals surface area contributed by atoms with Gasteiger partial charge in [0, 0.05) is 34.4 Å². The van der Waals surface area contributed by atoms with Crippen LogP contribution in [0.1, 0.15) is 34.0 Å². The second-order valence-corrected chi connectivity index (χ2v) is 38.0. The fraction of sp³-hybridized carbons (Fsp3) is 0.0319. The van der Waals surface area contributed by atoms with Gasteiger partial charge in [-0.15, -0.1) is 13.7 Å². The maximum Gasteiger partial charge on any atom is 0.298 e. The summed E-state index contributed by atoms with van der Waals surface area (Å²) in [6.07, 6.45) is 0. The zero-order valence-electron chi connectivity index (χ0n) is 54.6. The molecular weight excluding hydrogens is 1260 g/mol. The first-order valence-corrected chi connectivity index (χ1v) is 40.6. The molecule has 6 heteroatoms. The fourth-order valence-electron chi connectivity index (χ4n) is 19.4. The van der Waals surface area contributed by atoms with Crippen LogP contribution in [0.2, 0.25) is 0 Å². The van der Waals surface area contributed by atoms with Crippen LogP contribution in [-0.4, -0.2) is 0 Å². The molecule has 0 fully saturated rings. The molecule has 24 rings (SSSR count). The molecule has 3 nitrogen and oxygen atoms in total. The maximum atomic E-state index is 2.71. The van der Waals surface area contributed by atoms with Crippen molar-refractivity contribution in [2.45, 2.75) is 17.3 Å². The number of hydrogen-bond acceptors (Lipinski definition) is 0. The van der Waals surface area contributed by atoms with Crippen molar-refractivity contribution in [1.82, 2.24) is 0 Å². The Morgan fingerprint density at radius 2 is 0.600 bits per heavy atom. The first kappa shape index (κ1) is 56.8. The lowest BCUT2D eigenvalue weighted by atomic mass is 9.99. The van der Waals surface area contributed by atoms with E-state index in [1.54, 1.807) is 0 Å². The molecule has 0 saturated heterocycles. The number of aromatic nitrogens is 3. The fourth-order valence-corrected chi connectivity index (χ4v) is 34.7. The summed E-state index contributed by atoms with van der Waals surface area (Å²) in [5.41, 5.74) is 15.5. The Hall–Kier alpha value is -11.1. The summed E-state index contributed by atoms with van der Waals surface area (Å²) in [7, 11) is -6.03. The summed E-state index contributed by atoms with van der Waals surface area (Å²) in [5, 5.41) is 26.9. The number of nitrogens with zero attached hydrogens (tertiary/aromatic N) is 3. The van der Waals surface area contributed by atoms with E-state index in [4.69, 9.17) is 0 Å². The van der Waals surface area contributed by atoms with E-state index in [9.17, 15) is 0 Å². The molecule has 18 aromatic rings. The molecule has 0 N–H and O–H groups in total. The standard InChI is InChI=1S/2C32H22NP.C30H20NP/c1-3-12-24(13-4-1)34(25-14-5-2-6-15-25)29-17-9-11-23-18-20-26-28-21-19-22-10-7-8-16-27(22)33(28)32(34)31(26)30(23)29;1-3-13-25(14-4-1)34(26-15-5-2-6-16-26)30-17-9-12-22-18-19-29-27-20-23-10-7-8-11-24(23)21-28(27)32(34)33(29)31(22)30;1-3-11-23(12-4-1)32(24-13-5-2-6-14-24)26-16-8-10-21-19-22-18-17-20-9-7-15-25-27(20)29(22)31(28(21)26)30(25)32/h2*1-21,32H;1-19,30H/q3*+2. The van der Waals surface area contributed by atoms with Gasteiger partial charge in [-0.05, 0) is 179 Å². The van der Waals surface area contributed by atoms with E-state index in [2.05, 4.69) is 384 Å². The van der Waals surface area contributed by atoms with Crippen molar-refractivity contribution in [2.24, 2.45) is 0 Å². The van der Waals surface area contributed by atoms with E-state index in [1.165, 1.54) is 163 Å². The van der Waals surface area contributed by atoms with E-state index < -0.39 is 21.8 Å². The monoisotopic (exact) mass is 1330 g/mol. The van der Waals surface area contributed by atoms with Gasteiger partial charge in [0.2, 0.25) is 22.4 Å². The van der Waals surface area contributed by atoms with Gasteiger partial charge in [0.25, 0.3) is 28.4 Å². The summed E-state index contributed by atoms with van der Waals surface area (Å²) in [5.74, 6) is 0.833. The van der Waals surface area contributed by atoms with E-state index in [-0.39, 0.29) is 11.6 Å². The normalized spacial score (nSPS) is 16.9. The Morgan fingerprint density at radius 1 is 0.210 bits per heavy atom. The zero-order chi connectivity index (χ0) is 65.4. The molecule has 6 aliphatic heterocycles. The average Bonchev–Trinajstić information content (AvgIpc) is 1.51. The van der Waals surface area contributed by atoms with Gasteiger partial charge in [-0.25, -0.2) is 0 Å². The number of hydrogen-bond donors (Lipinski definition) is 0. The third-order valence-electron chi connectivity index (χ3n) is 23.1. The molecule has 3 unspecified atom stereocenters. The van der Waals surface area contributed by atoms with Gasteiger partial charge >= 0.3 is 0 Å². The molecule has 6 aliphatic rings. The van der Waals surface area contributed by atoms with Crippen LogP contribution in [0.25, 0.3) is 98.4 Å². The lowest BCUT2D eigenvalue weighted by molar-refractivity contribution is -0.650. The van der Waals surface area contributed by atoms with E-state index >= 15 is 0 Å². The largest absolute Gasteiger partial charge is 0.298 e. The Balaban J connectivity index is 0.0000000955. The first-order chi connectivity index (χ1) is 49.6. The zero-order valence-corrected chi connectivity index (χ0v) is 57.3. The minimum absolute atomic E-state index is 0.259. The minimum Gasteiger partial charge on any atom is -0.150 e. The highest BCUT2D eigenvalue weighted by atomic mass is 31.2. The molecule has 3 atom stereocenters. The van der Waals surface area contributed by atoms with Crippen molar-refractivity contribution < 1.29 is 13.7 Å². The molecule has 0 amide bonds. The Morgan fingerprint density at radius 3 is 1.18 bits per heavy atom. The number of fused-ring (bicyclic) bond motifs is 10. The summed E-state index contributed by atoms with van der Waals surface area (Å²) in [4.78, 5) is 0. The van der Waals surface area contributed by atoms with Crippen LogP contribution in [0.3, 0.4) is 0 Å². The van der Waals surface area contributed by atoms with Crippen molar-refractivity contribution in [2.75, 3.05) is 0 Å². The number of rotatable bonds is 6. The lowest BCUT2D eigenvalue weighted by Gasteiger charge is -2.26. The van der Waals surface area contributed by atoms with Gasteiger partial charge in [0.1, 0.15) is 37.1 Å². The van der Waals surface area contributed by atoms with E-state index in [1.807, 2.05) is 0 Å². The van der Waals surface area contributed by atoms with E-state index in [0.717, 1.165) is 0 Å². The predicted molar refractivity (Wildman–Crippen MR) is 424 cm³/mol. The molecule has 0 saturated carbocycles. The van der Waals surface area contributed by atoms with Crippen LogP contribution in [0.5, 0.6) is 0 Å². The molecule has 15 aromatic carbocycles. The van der Waals surface area contributed by atoms with Gasteiger partial charge in [-0.2, -0.15) is 0 Å². The number of benzene rings is 15. The van der Waals surface area contributed by atoms with Crippen LogP contribution in [0.4, 0.5) is 0 Å². The SMILES string of the molecule is c1ccc([P+]2(c3ccccc3)c3cccc4cc5ccc6cccc7c6c5[n+](c34)C72)cc1.c1ccc([P+]2(c3ccccc3)c3cccc4ccc5[n+](c34)C2c2cc3ccccc3cc2-5)cc1.c1ccc([P+]2(c3ccccc3)c3cccc4ccc5c(c34)C2[n+]2c-5ccc3ccccc32)cc1. The van der Waals surface area contributed by atoms with Crippen LogP contribution < -0.4 is 61.4 Å². The third-order valence-corrected chi connectivity index (χ3v) is 36.8. The molecular formula is C94H64N3P3+6. The second kappa shape index (κ2) is 21.4. The number of pyridine rings is 3. The van der Waals surface area contributed by atoms with Crippen molar-refractivity contribution >= 4 is 145 Å². The van der Waals surface area contributed by atoms with Crippen molar-refractivity contribution in [3.8, 4) is 22.5 Å². The topological polar surface area (TPSA) is 11.6 Å². The maximum absolute atomic E-state index is 2.71. The van der Waals surface area contributed by atoms with Crippen molar-refractivity contribution in [1.29, 1.82) is 0 Å². The molecule has 100 heavy (non-hydrogen) atoms. The lowest BCUT2D eigenvalue weighted by Crippen LogP contribution is -2.46. The van der Waals surface area contributed by atoms with Gasteiger partial charge < -0.3 is 0 Å². The van der Waals surface area contributed by atoms with Crippen LogP contribution in [0.15, 0.2) is 370 Å². The molecule has 464 valence electrons. The predicted octanol–water partition coefficient (Wildman–Crippen LogP) is 17.8. The van der Waals surface area contributed by atoms with Crippen LogP contribution in [0, 0.1) is 0 Å². The third kappa shape index (κ3) is 7.36. The van der Waals surface area contributed by atoms with Gasteiger partial charge in [-0.3, -0.25) is 0 Å². The minimum atomic E-state index is -2.04. The molecule has 9 heterocycles. The highest BCUT2D eigenvalue weighted by Crippen LogP contribution is 2.75. The highest BCUT2D eigenvalue weighted by Gasteiger charge is 2.72. The Kier molecular flexibility index (Phi) is 12.2. The summed E-state index contributed by atoms with van der Waals surface area (Å²) in [6.45, 7) is 0. The molecule has 0 bridgehead atoms. The van der Waals surface area contributed by atoms with Gasteiger partial charge in [0.15, 0.2) is 32.4 Å². The van der Waals surface area contributed by atoms with Gasteiger partial charge in [0.05, 0.1) is 44.0 Å².